The number of aromatic nitrogens is 3. The maximum atomic E-state index is 12.6. The van der Waals surface area contributed by atoms with Gasteiger partial charge in [-0.15, -0.1) is 11.3 Å². The molecule has 4 rings (SSSR count). The quantitative estimate of drug-likeness (QED) is 0.752. The Hall–Kier alpha value is -2.49. The van der Waals surface area contributed by atoms with Gasteiger partial charge in [-0.1, -0.05) is 5.16 Å². The predicted molar refractivity (Wildman–Crippen MR) is 83.6 cm³/mol. The lowest BCUT2D eigenvalue weighted by Crippen LogP contribution is -2.14. The first-order valence-electron chi connectivity index (χ1n) is 7.44. The molecule has 1 N–H and O–H groups in total. The van der Waals surface area contributed by atoms with Gasteiger partial charge in [-0.25, -0.2) is 9.97 Å². The fourth-order valence-corrected chi connectivity index (χ4v) is 3.22. The van der Waals surface area contributed by atoms with Gasteiger partial charge < -0.3 is 4.52 Å². The number of anilines is 1. The van der Waals surface area contributed by atoms with E-state index in [-0.39, 0.29) is 22.3 Å². The van der Waals surface area contributed by atoms with Crippen molar-refractivity contribution in [3.63, 3.8) is 0 Å². The molecule has 0 unspecified atom stereocenters. The Labute approximate surface area is 143 Å². The Bertz CT molecular complexity index is 975. The second-order valence-electron chi connectivity index (χ2n) is 5.81. The molecular formula is C15H11F3N4O2S. The smallest absolute Gasteiger partial charge is 0.336 e. The summed E-state index contributed by atoms with van der Waals surface area (Å²) in [5.74, 6) is -0.290. The molecule has 1 aliphatic rings. The molecule has 3 aromatic rings. The zero-order valence-corrected chi connectivity index (χ0v) is 13.7. The molecule has 0 radical (unpaired) electrons. The maximum absolute atomic E-state index is 12.6. The molecule has 3 aromatic heterocycles. The number of nitrogens with zero attached hydrogens (tertiary/aromatic N) is 3. The monoisotopic (exact) mass is 368 g/mol. The summed E-state index contributed by atoms with van der Waals surface area (Å²) in [5, 5.41) is 7.43. The highest BCUT2D eigenvalue weighted by Crippen LogP contribution is 2.40. The highest BCUT2D eigenvalue weighted by atomic mass is 32.1. The third kappa shape index (κ3) is 2.97. The number of aryl methyl sites for hydroxylation is 1. The molecule has 3 heterocycles. The van der Waals surface area contributed by atoms with Gasteiger partial charge in [0, 0.05) is 17.0 Å². The number of nitrogens with one attached hydrogen (secondary N) is 1. The van der Waals surface area contributed by atoms with Crippen LogP contribution in [-0.2, 0) is 6.18 Å². The number of thiazole rings is 1. The third-order valence-electron chi connectivity index (χ3n) is 3.89. The Morgan fingerprint density at radius 2 is 2.12 bits per heavy atom. The van der Waals surface area contributed by atoms with E-state index in [1.165, 1.54) is 0 Å². The van der Waals surface area contributed by atoms with Crippen LogP contribution in [0.2, 0.25) is 0 Å². The summed E-state index contributed by atoms with van der Waals surface area (Å²) in [6.45, 7) is 1.67. The Morgan fingerprint density at radius 3 is 2.76 bits per heavy atom. The van der Waals surface area contributed by atoms with Gasteiger partial charge in [0.1, 0.15) is 0 Å². The van der Waals surface area contributed by atoms with Gasteiger partial charge in [-0.3, -0.25) is 10.1 Å². The van der Waals surface area contributed by atoms with Crippen molar-refractivity contribution < 1.29 is 22.5 Å². The van der Waals surface area contributed by atoms with E-state index in [1.54, 1.807) is 13.0 Å². The van der Waals surface area contributed by atoms with Crippen LogP contribution in [0.3, 0.4) is 0 Å². The number of halogens is 3. The van der Waals surface area contributed by atoms with Crippen LogP contribution < -0.4 is 5.32 Å². The van der Waals surface area contributed by atoms with Crippen molar-refractivity contribution in [3.8, 4) is 0 Å². The van der Waals surface area contributed by atoms with E-state index in [0.717, 1.165) is 23.9 Å². The number of rotatable bonds is 3. The standard InChI is InChI=1S/C15H11F3N4O2S/c1-6-11-8(4-9(7-2-3-7)19-13(11)24-22-6)12(23)21-14-20-10(5-25-14)15(16,17)18/h4-5,7H,2-3H2,1H3,(H,20,21,23). The number of carbonyl (C=O) groups excluding carboxylic acids is 1. The average molecular weight is 368 g/mol. The summed E-state index contributed by atoms with van der Waals surface area (Å²) in [4.78, 5) is 20.4. The van der Waals surface area contributed by atoms with E-state index in [2.05, 4.69) is 20.4 Å². The summed E-state index contributed by atoms with van der Waals surface area (Å²) >= 11 is 0.716. The summed E-state index contributed by atoms with van der Waals surface area (Å²) in [7, 11) is 0. The maximum Gasteiger partial charge on any atom is 0.434 e. The van der Waals surface area contributed by atoms with Gasteiger partial charge in [-0.2, -0.15) is 13.2 Å². The molecule has 0 aromatic carbocycles. The normalized spacial score (nSPS) is 14.9. The number of hydrogen-bond acceptors (Lipinski definition) is 6. The highest BCUT2D eigenvalue weighted by molar-refractivity contribution is 7.14. The zero-order chi connectivity index (χ0) is 17.8. The number of pyridine rings is 1. The van der Waals surface area contributed by atoms with Crippen LogP contribution in [0, 0.1) is 6.92 Å². The summed E-state index contributed by atoms with van der Waals surface area (Å²) in [5.41, 5.74) is 0.707. The fraction of sp³-hybridized carbons (Fsp3) is 0.333. The van der Waals surface area contributed by atoms with E-state index in [9.17, 15) is 18.0 Å². The molecule has 0 aliphatic heterocycles. The van der Waals surface area contributed by atoms with E-state index in [0.29, 0.717) is 22.4 Å². The highest BCUT2D eigenvalue weighted by Gasteiger charge is 2.34. The summed E-state index contributed by atoms with van der Waals surface area (Å²) in [6.07, 6.45) is -2.59. The minimum Gasteiger partial charge on any atom is -0.336 e. The van der Waals surface area contributed by atoms with Crippen LogP contribution in [0.1, 0.15) is 46.2 Å². The second-order valence-corrected chi connectivity index (χ2v) is 6.66. The molecule has 1 aliphatic carbocycles. The van der Waals surface area contributed by atoms with E-state index < -0.39 is 17.8 Å². The van der Waals surface area contributed by atoms with Gasteiger partial charge in [0.2, 0.25) is 0 Å². The van der Waals surface area contributed by atoms with Crippen molar-refractivity contribution in [2.24, 2.45) is 0 Å². The van der Waals surface area contributed by atoms with E-state index in [4.69, 9.17) is 4.52 Å². The third-order valence-corrected chi connectivity index (χ3v) is 4.65. The Kier molecular flexibility index (Phi) is 3.53. The average Bonchev–Trinajstić information content (AvgIpc) is 3.18. The number of alkyl halides is 3. The minimum atomic E-state index is -4.55. The first-order chi connectivity index (χ1) is 11.8. The molecule has 0 atom stereocenters. The van der Waals surface area contributed by atoms with Crippen LogP contribution in [0.25, 0.3) is 11.1 Å². The molecule has 0 bridgehead atoms. The van der Waals surface area contributed by atoms with Crippen molar-refractivity contribution in [3.05, 3.63) is 34.1 Å². The first-order valence-corrected chi connectivity index (χ1v) is 8.32. The number of amides is 1. The van der Waals surface area contributed by atoms with E-state index >= 15 is 0 Å². The molecule has 6 nitrogen and oxygen atoms in total. The van der Waals surface area contributed by atoms with Crippen molar-refractivity contribution >= 4 is 33.5 Å². The van der Waals surface area contributed by atoms with Crippen molar-refractivity contribution in [2.45, 2.75) is 31.9 Å². The largest absolute Gasteiger partial charge is 0.434 e. The molecule has 1 amide bonds. The van der Waals surface area contributed by atoms with Crippen LogP contribution in [0.5, 0.6) is 0 Å². The van der Waals surface area contributed by atoms with Crippen molar-refractivity contribution in [1.29, 1.82) is 0 Å². The van der Waals surface area contributed by atoms with Gasteiger partial charge >= 0.3 is 6.18 Å². The van der Waals surface area contributed by atoms with Crippen LogP contribution in [0.4, 0.5) is 18.3 Å². The number of hydrogen-bond donors (Lipinski definition) is 1. The van der Waals surface area contributed by atoms with Gasteiger partial charge in [0.05, 0.1) is 16.6 Å². The molecule has 10 heteroatoms. The Balaban J connectivity index is 1.69. The van der Waals surface area contributed by atoms with Crippen molar-refractivity contribution in [2.75, 3.05) is 5.32 Å². The molecule has 130 valence electrons. The summed E-state index contributed by atoms with van der Waals surface area (Å²) < 4.78 is 43.1. The van der Waals surface area contributed by atoms with Gasteiger partial charge in [0.25, 0.3) is 11.6 Å². The molecule has 1 saturated carbocycles. The molecule has 0 saturated heterocycles. The SMILES string of the molecule is Cc1noc2nc(C3CC3)cc(C(=O)Nc3nc(C(F)(F)F)cs3)c12. The molecule has 25 heavy (non-hydrogen) atoms. The second kappa shape index (κ2) is 5.51. The number of carbonyl (C=O) groups is 1. The Morgan fingerprint density at radius 1 is 1.36 bits per heavy atom. The topological polar surface area (TPSA) is 80.9 Å². The summed E-state index contributed by atoms with van der Waals surface area (Å²) in [6, 6.07) is 1.65. The predicted octanol–water partition coefficient (Wildman–Crippen LogP) is 4.14. The van der Waals surface area contributed by atoms with Crippen LogP contribution in [-0.4, -0.2) is 21.0 Å². The number of fused-ring (bicyclic) bond motifs is 1. The van der Waals surface area contributed by atoms with Gasteiger partial charge in [-0.05, 0) is 25.8 Å². The van der Waals surface area contributed by atoms with Gasteiger partial charge in [0.15, 0.2) is 10.8 Å². The molecule has 0 spiro atoms. The van der Waals surface area contributed by atoms with Crippen LogP contribution >= 0.6 is 11.3 Å². The molecule has 1 fully saturated rings. The first kappa shape index (κ1) is 16.0. The van der Waals surface area contributed by atoms with E-state index in [1.807, 2.05) is 0 Å². The van der Waals surface area contributed by atoms with Crippen molar-refractivity contribution in [1.82, 2.24) is 15.1 Å². The fourth-order valence-electron chi connectivity index (χ4n) is 2.51. The molecular weight excluding hydrogens is 357 g/mol. The van der Waals surface area contributed by atoms with Crippen LogP contribution in [0.15, 0.2) is 16.0 Å². The lowest BCUT2D eigenvalue weighted by molar-refractivity contribution is -0.140. The minimum absolute atomic E-state index is 0.121. The lowest BCUT2D eigenvalue weighted by atomic mass is 10.1. The zero-order valence-electron chi connectivity index (χ0n) is 12.8. The lowest BCUT2D eigenvalue weighted by Gasteiger charge is -2.06.